The van der Waals surface area contributed by atoms with Crippen molar-refractivity contribution < 1.29 is 9.18 Å². The molecule has 0 aromatic heterocycles. The molecule has 0 aliphatic carbocycles. The van der Waals surface area contributed by atoms with Crippen molar-refractivity contribution in [1.29, 1.82) is 0 Å². The predicted octanol–water partition coefficient (Wildman–Crippen LogP) is 1.05. The van der Waals surface area contributed by atoms with Crippen molar-refractivity contribution in [2.45, 2.75) is 13.5 Å². The summed E-state index contributed by atoms with van der Waals surface area (Å²) in [6, 6.07) is 6.63. The Morgan fingerprint density at radius 2 is 2.07 bits per heavy atom. The Kier molecular flexibility index (Phi) is 4.77. The molecule has 0 saturated carbocycles. The fourth-order valence-electron chi connectivity index (χ4n) is 1.19. The molecule has 82 valence electrons. The van der Waals surface area contributed by atoms with Gasteiger partial charge in [0, 0.05) is 32.1 Å². The molecule has 0 atom stereocenters. The Morgan fingerprint density at radius 1 is 1.33 bits per heavy atom. The van der Waals surface area contributed by atoms with E-state index in [4.69, 9.17) is 0 Å². The second-order valence-corrected chi connectivity index (χ2v) is 3.25. The van der Waals surface area contributed by atoms with Gasteiger partial charge in [0.2, 0.25) is 5.91 Å². The van der Waals surface area contributed by atoms with Crippen LogP contribution in [-0.4, -0.2) is 19.0 Å². The van der Waals surface area contributed by atoms with Gasteiger partial charge in [0.1, 0.15) is 5.82 Å². The smallest absolute Gasteiger partial charge is 0.216 e. The molecule has 0 saturated heterocycles. The Bertz CT molecular complexity index is 328. The first-order chi connectivity index (χ1) is 7.20. The fraction of sp³-hybridized carbons (Fsp3) is 0.364. The van der Waals surface area contributed by atoms with Gasteiger partial charge in [-0.05, 0) is 6.07 Å². The number of amides is 1. The average Bonchev–Trinajstić information content (AvgIpc) is 2.20. The number of carbonyl (C=O) groups is 1. The van der Waals surface area contributed by atoms with Gasteiger partial charge in [0.05, 0.1) is 0 Å². The van der Waals surface area contributed by atoms with Gasteiger partial charge in [0.25, 0.3) is 0 Å². The Balaban J connectivity index is 2.21. The van der Waals surface area contributed by atoms with Crippen LogP contribution < -0.4 is 10.6 Å². The SMILES string of the molecule is CC(=O)NCCNCc1ccccc1F. The van der Waals surface area contributed by atoms with E-state index in [1.807, 2.05) is 0 Å². The highest BCUT2D eigenvalue weighted by Crippen LogP contribution is 2.04. The van der Waals surface area contributed by atoms with Crippen molar-refractivity contribution in [3.63, 3.8) is 0 Å². The molecular formula is C11H15FN2O. The average molecular weight is 210 g/mol. The van der Waals surface area contributed by atoms with E-state index in [0.29, 0.717) is 25.2 Å². The number of benzene rings is 1. The lowest BCUT2D eigenvalue weighted by Crippen LogP contribution is -2.30. The molecule has 0 radical (unpaired) electrons. The highest BCUT2D eigenvalue weighted by atomic mass is 19.1. The van der Waals surface area contributed by atoms with Crippen LogP contribution in [0, 0.1) is 5.82 Å². The first-order valence-electron chi connectivity index (χ1n) is 4.88. The maximum atomic E-state index is 13.1. The molecular weight excluding hydrogens is 195 g/mol. The van der Waals surface area contributed by atoms with Crippen molar-refractivity contribution in [2.75, 3.05) is 13.1 Å². The standard InChI is InChI=1S/C11H15FN2O/c1-9(15)14-7-6-13-8-10-4-2-3-5-11(10)12/h2-5,13H,6-8H2,1H3,(H,14,15). The summed E-state index contributed by atoms with van der Waals surface area (Å²) in [6.45, 7) is 3.14. The molecule has 1 amide bonds. The van der Waals surface area contributed by atoms with Crippen molar-refractivity contribution in [2.24, 2.45) is 0 Å². The maximum absolute atomic E-state index is 13.1. The van der Waals surface area contributed by atoms with Crippen LogP contribution in [0.5, 0.6) is 0 Å². The molecule has 0 aliphatic rings. The Morgan fingerprint density at radius 3 is 2.73 bits per heavy atom. The van der Waals surface area contributed by atoms with Crippen LogP contribution in [0.4, 0.5) is 4.39 Å². The normalized spacial score (nSPS) is 10.0. The van der Waals surface area contributed by atoms with Crippen LogP contribution in [0.3, 0.4) is 0 Å². The van der Waals surface area contributed by atoms with Gasteiger partial charge in [-0.1, -0.05) is 18.2 Å². The van der Waals surface area contributed by atoms with Gasteiger partial charge in [-0.3, -0.25) is 4.79 Å². The van der Waals surface area contributed by atoms with Crippen LogP contribution in [0.1, 0.15) is 12.5 Å². The summed E-state index contributed by atoms with van der Waals surface area (Å²) in [5.41, 5.74) is 0.639. The molecule has 0 spiro atoms. The molecule has 0 unspecified atom stereocenters. The molecule has 1 rings (SSSR count). The minimum absolute atomic E-state index is 0.0531. The van der Waals surface area contributed by atoms with E-state index < -0.39 is 0 Å². The van der Waals surface area contributed by atoms with Gasteiger partial charge >= 0.3 is 0 Å². The first kappa shape index (κ1) is 11.7. The van der Waals surface area contributed by atoms with E-state index in [2.05, 4.69) is 10.6 Å². The lowest BCUT2D eigenvalue weighted by molar-refractivity contribution is -0.118. The molecule has 3 nitrogen and oxygen atoms in total. The van der Waals surface area contributed by atoms with E-state index in [1.165, 1.54) is 13.0 Å². The summed E-state index contributed by atoms with van der Waals surface area (Å²) < 4.78 is 13.1. The zero-order valence-electron chi connectivity index (χ0n) is 8.72. The van der Waals surface area contributed by atoms with E-state index in [9.17, 15) is 9.18 Å². The molecule has 15 heavy (non-hydrogen) atoms. The van der Waals surface area contributed by atoms with Gasteiger partial charge in [-0.15, -0.1) is 0 Å². The topological polar surface area (TPSA) is 41.1 Å². The summed E-state index contributed by atoms with van der Waals surface area (Å²) in [5, 5.41) is 5.69. The summed E-state index contributed by atoms with van der Waals surface area (Å²) >= 11 is 0. The Labute approximate surface area is 88.7 Å². The zero-order chi connectivity index (χ0) is 11.1. The van der Waals surface area contributed by atoms with E-state index in [1.54, 1.807) is 18.2 Å². The third-order valence-corrected chi connectivity index (χ3v) is 1.95. The second kappa shape index (κ2) is 6.14. The van der Waals surface area contributed by atoms with Crippen molar-refractivity contribution in [3.8, 4) is 0 Å². The molecule has 0 aliphatic heterocycles. The van der Waals surface area contributed by atoms with E-state index in [0.717, 1.165) is 0 Å². The number of hydrogen-bond acceptors (Lipinski definition) is 2. The molecule has 1 aromatic rings. The van der Waals surface area contributed by atoms with Crippen LogP contribution in [0.15, 0.2) is 24.3 Å². The predicted molar refractivity (Wildman–Crippen MR) is 56.8 cm³/mol. The van der Waals surface area contributed by atoms with Crippen LogP contribution in [-0.2, 0) is 11.3 Å². The molecule has 2 N–H and O–H groups in total. The number of rotatable bonds is 5. The maximum Gasteiger partial charge on any atom is 0.216 e. The number of hydrogen-bond donors (Lipinski definition) is 2. The highest BCUT2D eigenvalue weighted by Gasteiger charge is 1.98. The van der Waals surface area contributed by atoms with Gasteiger partial charge in [0.15, 0.2) is 0 Å². The fourth-order valence-corrected chi connectivity index (χ4v) is 1.19. The monoisotopic (exact) mass is 210 g/mol. The van der Waals surface area contributed by atoms with Gasteiger partial charge < -0.3 is 10.6 Å². The van der Waals surface area contributed by atoms with Crippen molar-refractivity contribution in [1.82, 2.24) is 10.6 Å². The molecule has 0 bridgehead atoms. The lowest BCUT2D eigenvalue weighted by Gasteiger charge is -2.06. The third kappa shape index (κ3) is 4.56. The van der Waals surface area contributed by atoms with Crippen molar-refractivity contribution >= 4 is 5.91 Å². The number of nitrogens with one attached hydrogen (secondary N) is 2. The van der Waals surface area contributed by atoms with Crippen LogP contribution >= 0.6 is 0 Å². The highest BCUT2D eigenvalue weighted by molar-refractivity contribution is 5.72. The largest absolute Gasteiger partial charge is 0.355 e. The van der Waals surface area contributed by atoms with E-state index >= 15 is 0 Å². The number of halogens is 1. The zero-order valence-corrected chi connectivity index (χ0v) is 8.72. The summed E-state index contributed by atoms with van der Waals surface area (Å²) in [5.74, 6) is -0.257. The summed E-state index contributed by atoms with van der Waals surface area (Å²) in [4.78, 5) is 10.5. The minimum Gasteiger partial charge on any atom is -0.355 e. The summed E-state index contributed by atoms with van der Waals surface area (Å²) in [7, 11) is 0. The minimum atomic E-state index is -0.204. The molecule has 0 heterocycles. The van der Waals surface area contributed by atoms with Crippen LogP contribution in [0.25, 0.3) is 0 Å². The quantitative estimate of drug-likeness (QED) is 0.713. The van der Waals surface area contributed by atoms with Crippen LogP contribution in [0.2, 0.25) is 0 Å². The van der Waals surface area contributed by atoms with Gasteiger partial charge in [-0.25, -0.2) is 4.39 Å². The van der Waals surface area contributed by atoms with E-state index in [-0.39, 0.29) is 11.7 Å². The third-order valence-electron chi connectivity index (χ3n) is 1.95. The Hall–Kier alpha value is -1.42. The molecule has 1 aromatic carbocycles. The molecule has 0 fully saturated rings. The summed E-state index contributed by atoms with van der Waals surface area (Å²) in [6.07, 6.45) is 0. The first-order valence-corrected chi connectivity index (χ1v) is 4.88. The number of carbonyl (C=O) groups excluding carboxylic acids is 1. The molecule has 4 heteroatoms. The van der Waals surface area contributed by atoms with Crippen molar-refractivity contribution in [3.05, 3.63) is 35.6 Å². The second-order valence-electron chi connectivity index (χ2n) is 3.25. The van der Waals surface area contributed by atoms with Gasteiger partial charge in [-0.2, -0.15) is 0 Å². The lowest BCUT2D eigenvalue weighted by atomic mass is 10.2.